The zero-order chi connectivity index (χ0) is 10.8. The van der Waals surface area contributed by atoms with Gasteiger partial charge in [0, 0.05) is 10.9 Å². The highest BCUT2D eigenvalue weighted by molar-refractivity contribution is 7.07. The van der Waals surface area contributed by atoms with Gasteiger partial charge in [-0.3, -0.25) is 4.79 Å². The Hall–Kier alpha value is -1.48. The summed E-state index contributed by atoms with van der Waals surface area (Å²) in [5, 5.41) is 1.78. The summed E-state index contributed by atoms with van der Waals surface area (Å²) in [5.41, 5.74) is 5.06. The third kappa shape index (κ3) is 1.97. The number of thiazole rings is 1. The Kier molecular flexibility index (Phi) is 2.64. The van der Waals surface area contributed by atoms with E-state index in [0.717, 1.165) is 16.7 Å². The topological polar surface area (TPSA) is 30.0 Å². The number of ketones is 1. The van der Waals surface area contributed by atoms with Crippen LogP contribution in [0, 0.1) is 13.8 Å². The van der Waals surface area contributed by atoms with Crippen molar-refractivity contribution < 1.29 is 4.79 Å². The monoisotopic (exact) mass is 217 g/mol. The number of aromatic nitrogens is 1. The number of aryl methyl sites for hydroxylation is 2. The Morgan fingerprint density at radius 1 is 1.33 bits per heavy atom. The third-order valence-electron chi connectivity index (χ3n) is 2.30. The molecule has 0 amide bonds. The molecule has 0 aliphatic carbocycles. The second kappa shape index (κ2) is 3.95. The van der Waals surface area contributed by atoms with Crippen LogP contribution in [0.3, 0.4) is 0 Å². The van der Waals surface area contributed by atoms with Crippen LogP contribution in [-0.4, -0.2) is 10.8 Å². The Morgan fingerprint density at radius 3 is 2.80 bits per heavy atom. The SMILES string of the molecule is Cc1ccc(C)c(C(=O)c2cscn2)c1. The molecule has 1 aromatic carbocycles. The van der Waals surface area contributed by atoms with Crippen molar-refractivity contribution in [1.29, 1.82) is 0 Å². The lowest BCUT2D eigenvalue weighted by Crippen LogP contribution is -2.04. The van der Waals surface area contributed by atoms with E-state index in [0.29, 0.717) is 5.69 Å². The first-order valence-corrected chi connectivity index (χ1v) is 5.63. The molecule has 0 aliphatic rings. The third-order valence-corrected chi connectivity index (χ3v) is 2.89. The van der Waals surface area contributed by atoms with Crippen molar-refractivity contribution in [3.63, 3.8) is 0 Å². The van der Waals surface area contributed by atoms with Gasteiger partial charge in [0.25, 0.3) is 0 Å². The first-order valence-electron chi connectivity index (χ1n) is 4.68. The first kappa shape index (κ1) is 10.1. The minimum atomic E-state index is 0.0115. The van der Waals surface area contributed by atoms with Gasteiger partial charge in [-0.05, 0) is 25.5 Å². The fourth-order valence-electron chi connectivity index (χ4n) is 1.44. The predicted molar refractivity (Wildman–Crippen MR) is 61.5 cm³/mol. The largest absolute Gasteiger partial charge is 0.287 e. The van der Waals surface area contributed by atoms with E-state index in [9.17, 15) is 4.79 Å². The van der Waals surface area contributed by atoms with Crippen LogP contribution >= 0.6 is 11.3 Å². The number of hydrogen-bond acceptors (Lipinski definition) is 3. The quantitative estimate of drug-likeness (QED) is 0.724. The zero-order valence-electron chi connectivity index (χ0n) is 8.65. The molecule has 0 N–H and O–H groups in total. The standard InChI is InChI=1S/C12H11NOS/c1-8-3-4-9(2)10(5-8)12(14)11-6-15-7-13-11/h3-7H,1-2H3. The zero-order valence-corrected chi connectivity index (χ0v) is 9.47. The van der Waals surface area contributed by atoms with Crippen LogP contribution in [-0.2, 0) is 0 Å². The number of carbonyl (C=O) groups is 1. The van der Waals surface area contributed by atoms with E-state index >= 15 is 0 Å². The number of nitrogens with zero attached hydrogens (tertiary/aromatic N) is 1. The van der Waals surface area contributed by atoms with Crippen LogP contribution in [0.5, 0.6) is 0 Å². The summed E-state index contributed by atoms with van der Waals surface area (Å²) in [4.78, 5) is 16.1. The van der Waals surface area contributed by atoms with Crippen LogP contribution in [0.2, 0.25) is 0 Å². The molecular formula is C12H11NOS. The molecule has 0 saturated carbocycles. The summed E-state index contributed by atoms with van der Waals surface area (Å²) in [6, 6.07) is 5.89. The van der Waals surface area contributed by atoms with Gasteiger partial charge in [0.05, 0.1) is 5.51 Å². The van der Waals surface area contributed by atoms with Crippen molar-refractivity contribution >= 4 is 17.1 Å². The predicted octanol–water partition coefficient (Wildman–Crippen LogP) is 2.99. The molecule has 1 aromatic heterocycles. The highest BCUT2D eigenvalue weighted by Gasteiger charge is 2.13. The molecule has 0 radical (unpaired) electrons. The van der Waals surface area contributed by atoms with Gasteiger partial charge < -0.3 is 0 Å². The molecule has 0 bridgehead atoms. The van der Waals surface area contributed by atoms with Gasteiger partial charge in [0.1, 0.15) is 5.69 Å². The van der Waals surface area contributed by atoms with Gasteiger partial charge in [-0.2, -0.15) is 0 Å². The van der Waals surface area contributed by atoms with Crippen molar-refractivity contribution in [3.05, 3.63) is 51.5 Å². The van der Waals surface area contributed by atoms with Gasteiger partial charge in [-0.15, -0.1) is 11.3 Å². The van der Waals surface area contributed by atoms with E-state index < -0.39 is 0 Å². The Labute approximate surface area is 92.6 Å². The normalized spacial score (nSPS) is 10.3. The van der Waals surface area contributed by atoms with Crippen molar-refractivity contribution in [2.75, 3.05) is 0 Å². The van der Waals surface area contributed by atoms with Crippen molar-refractivity contribution in [2.45, 2.75) is 13.8 Å². The van der Waals surface area contributed by atoms with E-state index in [4.69, 9.17) is 0 Å². The second-order valence-corrected chi connectivity index (χ2v) is 4.24. The number of hydrogen-bond donors (Lipinski definition) is 0. The maximum atomic E-state index is 12.0. The molecule has 2 aromatic rings. The summed E-state index contributed by atoms with van der Waals surface area (Å²) in [5.74, 6) is 0.0115. The van der Waals surface area contributed by atoms with Crippen molar-refractivity contribution in [3.8, 4) is 0 Å². The van der Waals surface area contributed by atoms with E-state index in [1.54, 1.807) is 10.9 Å². The maximum Gasteiger partial charge on any atom is 0.212 e. The first-order chi connectivity index (χ1) is 7.18. The van der Waals surface area contributed by atoms with Crippen LogP contribution < -0.4 is 0 Å². The lowest BCUT2D eigenvalue weighted by molar-refractivity contribution is 0.103. The molecular weight excluding hydrogens is 206 g/mol. The van der Waals surface area contributed by atoms with Gasteiger partial charge >= 0.3 is 0 Å². The summed E-state index contributed by atoms with van der Waals surface area (Å²) < 4.78 is 0. The molecule has 2 rings (SSSR count). The summed E-state index contributed by atoms with van der Waals surface area (Å²) in [6.45, 7) is 3.93. The van der Waals surface area contributed by atoms with E-state index in [1.165, 1.54) is 11.3 Å². The van der Waals surface area contributed by atoms with Crippen molar-refractivity contribution in [2.24, 2.45) is 0 Å². The fourth-order valence-corrected chi connectivity index (χ4v) is 1.98. The molecule has 0 unspecified atom stereocenters. The Bertz CT molecular complexity index is 488. The molecule has 3 heteroatoms. The molecule has 0 spiro atoms. The van der Waals surface area contributed by atoms with Crippen LogP contribution in [0.15, 0.2) is 29.1 Å². The van der Waals surface area contributed by atoms with Gasteiger partial charge in [-0.1, -0.05) is 17.7 Å². The molecule has 0 aliphatic heterocycles. The summed E-state index contributed by atoms with van der Waals surface area (Å²) in [6.07, 6.45) is 0. The minimum Gasteiger partial charge on any atom is -0.287 e. The second-order valence-electron chi connectivity index (χ2n) is 3.52. The van der Waals surface area contributed by atoms with E-state index in [-0.39, 0.29) is 5.78 Å². The smallest absolute Gasteiger partial charge is 0.212 e. The summed E-state index contributed by atoms with van der Waals surface area (Å²) >= 11 is 1.44. The van der Waals surface area contributed by atoms with Gasteiger partial charge in [0.15, 0.2) is 0 Å². The molecule has 0 atom stereocenters. The molecule has 76 valence electrons. The highest BCUT2D eigenvalue weighted by atomic mass is 32.1. The fraction of sp³-hybridized carbons (Fsp3) is 0.167. The number of benzene rings is 1. The molecule has 15 heavy (non-hydrogen) atoms. The average molecular weight is 217 g/mol. The molecule has 1 heterocycles. The maximum absolute atomic E-state index is 12.0. The van der Waals surface area contributed by atoms with E-state index in [2.05, 4.69) is 4.98 Å². The Morgan fingerprint density at radius 2 is 2.13 bits per heavy atom. The van der Waals surface area contributed by atoms with E-state index in [1.807, 2.05) is 32.0 Å². The van der Waals surface area contributed by atoms with Crippen LogP contribution in [0.4, 0.5) is 0 Å². The van der Waals surface area contributed by atoms with Gasteiger partial charge in [0.2, 0.25) is 5.78 Å². The number of rotatable bonds is 2. The molecule has 0 saturated heterocycles. The van der Waals surface area contributed by atoms with Crippen molar-refractivity contribution in [1.82, 2.24) is 4.98 Å². The van der Waals surface area contributed by atoms with Crippen LogP contribution in [0.1, 0.15) is 27.2 Å². The van der Waals surface area contributed by atoms with Crippen LogP contribution in [0.25, 0.3) is 0 Å². The van der Waals surface area contributed by atoms with Gasteiger partial charge in [-0.25, -0.2) is 4.98 Å². The minimum absolute atomic E-state index is 0.0115. The molecule has 0 fully saturated rings. The molecule has 2 nitrogen and oxygen atoms in total. The average Bonchev–Trinajstić information content (AvgIpc) is 2.74. The lowest BCUT2D eigenvalue weighted by Gasteiger charge is -2.03. The Balaban J connectivity index is 2.46. The number of carbonyl (C=O) groups excluding carboxylic acids is 1. The lowest BCUT2D eigenvalue weighted by atomic mass is 10.0. The highest BCUT2D eigenvalue weighted by Crippen LogP contribution is 2.15. The summed E-state index contributed by atoms with van der Waals surface area (Å²) in [7, 11) is 0.